The summed E-state index contributed by atoms with van der Waals surface area (Å²) in [5, 5.41) is 3.46. The van der Waals surface area contributed by atoms with Crippen molar-refractivity contribution in [2.75, 3.05) is 32.6 Å². The first-order valence-corrected chi connectivity index (χ1v) is 10.4. The van der Waals surface area contributed by atoms with E-state index in [9.17, 15) is 9.59 Å². The first kappa shape index (κ1) is 22.0. The second kappa shape index (κ2) is 10.3. The Hall–Kier alpha value is -2.73. The number of ether oxygens (including phenoxy) is 2. The number of piperidine rings is 1. The van der Waals surface area contributed by atoms with E-state index < -0.39 is 0 Å². The average molecular weight is 431 g/mol. The molecule has 1 N–H and O–H groups in total. The van der Waals surface area contributed by atoms with Gasteiger partial charge in [0.1, 0.15) is 11.5 Å². The van der Waals surface area contributed by atoms with Gasteiger partial charge < -0.3 is 19.7 Å². The number of anilines is 1. The van der Waals surface area contributed by atoms with Crippen LogP contribution in [0.2, 0.25) is 5.02 Å². The maximum Gasteiger partial charge on any atom is 0.253 e. The maximum absolute atomic E-state index is 12.8. The molecule has 2 aromatic carbocycles. The van der Waals surface area contributed by atoms with Gasteiger partial charge in [-0.25, -0.2) is 0 Å². The molecular formula is C23H27ClN2O4. The van der Waals surface area contributed by atoms with E-state index in [0.29, 0.717) is 46.7 Å². The SMILES string of the molecule is COc1cc(NC(=O)CC[C@H]2CCCN(C(=O)c3cccc(Cl)c3)C2)cc(OC)c1. The van der Waals surface area contributed by atoms with Crippen LogP contribution in [0, 0.1) is 5.92 Å². The third-order valence-corrected chi connectivity index (χ3v) is 5.53. The molecular weight excluding hydrogens is 404 g/mol. The van der Waals surface area contributed by atoms with Crippen molar-refractivity contribution in [1.29, 1.82) is 0 Å². The number of nitrogens with zero attached hydrogens (tertiary/aromatic N) is 1. The molecule has 6 nitrogen and oxygen atoms in total. The molecule has 1 aliphatic rings. The average Bonchev–Trinajstić information content (AvgIpc) is 2.77. The highest BCUT2D eigenvalue weighted by molar-refractivity contribution is 6.30. The molecule has 2 aromatic rings. The summed E-state index contributed by atoms with van der Waals surface area (Å²) in [5.74, 6) is 1.46. The number of methoxy groups -OCH3 is 2. The fourth-order valence-electron chi connectivity index (χ4n) is 3.73. The largest absolute Gasteiger partial charge is 0.497 e. The molecule has 30 heavy (non-hydrogen) atoms. The lowest BCUT2D eigenvalue weighted by Crippen LogP contribution is -2.40. The zero-order valence-electron chi connectivity index (χ0n) is 17.3. The van der Waals surface area contributed by atoms with E-state index >= 15 is 0 Å². The van der Waals surface area contributed by atoms with Crippen LogP contribution in [-0.2, 0) is 4.79 Å². The lowest BCUT2D eigenvalue weighted by molar-refractivity contribution is -0.116. The van der Waals surface area contributed by atoms with Crippen molar-refractivity contribution < 1.29 is 19.1 Å². The minimum absolute atomic E-state index is 0.00451. The van der Waals surface area contributed by atoms with Gasteiger partial charge in [-0.05, 0) is 43.4 Å². The van der Waals surface area contributed by atoms with E-state index in [1.165, 1.54) is 0 Å². The second-order valence-electron chi connectivity index (χ2n) is 7.46. The number of carbonyl (C=O) groups excluding carboxylic acids is 2. The fourth-order valence-corrected chi connectivity index (χ4v) is 3.92. The van der Waals surface area contributed by atoms with E-state index in [1.807, 2.05) is 4.90 Å². The number of likely N-dealkylation sites (tertiary alicyclic amines) is 1. The van der Waals surface area contributed by atoms with E-state index in [2.05, 4.69) is 5.32 Å². The Morgan fingerprint density at radius 3 is 2.53 bits per heavy atom. The van der Waals surface area contributed by atoms with Crippen molar-refractivity contribution in [2.45, 2.75) is 25.7 Å². The van der Waals surface area contributed by atoms with E-state index in [4.69, 9.17) is 21.1 Å². The topological polar surface area (TPSA) is 67.9 Å². The molecule has 0 aromatic heterocycles. The van der Waals surface area contributed by atoms with Gasteiger partial charge in [-0.3, -0.25) is 9.59 Å². The van der Waals surface area contributed by atoms with E-state index in [-0.39, 0.29) is 11.8 Å². The molecule has 0 unspecified atom stereocenters. The van der Waals surface area contributed by atoms with Crippen LogP contribution < -0.4 is 14.8 Å². The number of amides is 2. The quantitative estimate of drug-likeness (QED) is 0.695. The Kier molecular flexibility index (Phi) is 7.57. The predicted octanol–water partition coefficient (Wildman–Crippen LogP) is 4.63. The standard InChI is InChI=1S/C23H27ClN2O4/c1-29-20-12-19(13-21(14-20)30-2)25-22(27)9-8-16-5-4-10-26(15-16)23(28)17-6-3-7-18(24)11-17/h3,6-7,11-14,16H,4-5,8-10,15H2,1-2H3,(H,25,27)/t16-/m1/s1. The Labute approximate surface area is 182 Å². The molecule has 1 heterocycles. The van der Waals surface area contributed by atoms with Crippen molar-refractivity contribution in [3.8, 4) is 11.5 Å². The molecule has 1 saturated heterocycles. The summed E-state index contributed by atoms with van der Waals surface area (Å²) in [6, 6.07) is 12.3. The summed E-state index contributed by atoms with van der Waals surface area (Å²) in [6.07, 6.45) is 3.07. The van der Waals surface area contributed by atoms with E-state index in [0.717, 1.165) is 25.8 Å². The summed E-state index contributed by atoms with van der Waals surface area (Å²) >= 11 is 6.01. The zero-order valence-corrected chi connectivity index (χ0v) is 18.1. The van der Waals surface area contributed by atoms with Crippen LogP contribution in [0.25, 0.3) is 0 Å². The molecule has 160 valence electrons. The molecule has 7 heteroatoms. The molecule has 0 aliphatic carbocycles. The highest BCUT2D eigenvalue weighted by Crippen LogP contribution is 2.27. The van der Waals surface area contributed by atoms with Crippen molar-refractivity contribution in [3.05, 3.63) is 53.1 Å². The van der Waals surface area contributed by atoms with Crippen molar-refractivity contribution in [3.63, 3.8) is 0 Å². The van der Waals surface area contributed by atoms with Gasteiger partial charge in [-0.15, -0.1) is 0 Å². The van der Waals surface area contributed by atoms with Crippen molar-refractivity contribution in [2.24, 2.45) is 5.92 Å². The fraction of sp³-hybridized carbons (Fsp3) is 0.391. The second-order valence-corrected chi connectivity index (χ2v) is 7.89. The van der Waals surface area contributed by atoms with Crippen molar-refractivity contribution >= 4 is 29.1 Å². The third-order valence-electron chi connectivity index (χ3n) is 5.29. The number of carbonyl (C=O) groups is 2. The number of halogens is 1. The first-order valence-electron chi connectivity index (χ1n) is 10.1. The highest BCUT2D eigenvalue weighted by atomic mass is 35.5. The van der Waals surface area contributed by atoms with Crippen LogP contribution >= 0.6 is 11.6 Å². The van der Waals surface area contributed by atoms with Gasteiger partial charge in [0.2, 0.25) is 5.91 Å². The summed E-state index contributed by atoms with van der Waals surface area (Å²) in [4.78, 5) is 27.1. The number of nitrogens with one attached hydrogen (secondary N) is 1. The summed E-state index contributed by atoms with van der Waals surface area (Å²) < 4.78 is 10.5. The third kappa shape index (κ3) is 5.89. The van der Waals surface area contributed by atoms with Gasteiger partial charge in [0.25, 0.3) is 5.91 Å². The minimum Gasteiger partial charge on any atom is -0.497 e. The normalized spacial score (nSPS) is 16.1. The molecule has 2 amide bonds. The molecule has 0 radical (unpaired) electrons. The van der Waals surface area contributed by atoms with Gasteiger partial charge in [0, 0.05) is 54.0 Å². The lowest BCUT2D eigenvalue weighted by Gasteiger charge is -2.33. The van der Waals surface area contributed by atoms with Crippen LogP contribution in [0.1, 0.15) is 36.0 Å². The smallest absolute Gasteiger partial charge is 0.253 e. The van der Waals surface area contributed by atoms with Crippen LogP contribution in [0.15, 0.2) is 42.5 Å². The first-order chi connectivity index (χ1) is 14.5. The zero-order chi connectivity index (χ0) is 21.5. The van der Waals surface area contributed by atoms with E-state index in [1.54, 1.807) is 56.7 Å². The van der Waals surface area contributed by atoms with Gasteiger partial charge in [-0.2, -0.15) is 0 Å². The lowest BCUT2D eigenvalue weighted by atomic mass is 9.92. The van der Waals surface area contributed by atoms with Crippen molar-refractivity contribution in [1.82, 2.24) is 4.90 Å². The monoisotopic (exact) mass is 430 g/mol. The molecule has 0 bridgehead atoms. The molecule has 0 saturated carbocycles. The minimum atomic E-state index is -0.0661. The van der Waals surface area contributed by atoms with Crippen LogP contribution in [0.4, 0.5) is 5.69 Å². The summed E-state index contributed by atoms with van der Waals surface area (Å²) in [7, 11) is 3.14. The predicted molar refractivity (Wildman–Crippen MR) is 117 cm³/mol. The van der Waals surface area contributed by atoms with Gasteiger partial charge in [0.15, 0.2) is 0 Å². The number of benzene rings is 2. The van der Waals surface area contributed by atoms with Crippen LogP contribution in [0.3, 0.4) is 0 Å². The number of hydrogen-bond acceptors (Lipinski definition) is 4. The summed E-state index contributed by atoms with van der Waals surface area (Å²) in [6.45, 7) is 1.39. The van der Waals surface area contributed by atoms with Crippen LogP contribution in [-0.4, -0.2) is 44.0 Å². The number of rotatable bonds is 7. The Morgan fingerprint density at radius 1 is 1.13 bits per heavy atom. The Balaban J connectivity index is 1.53. The molecule has 1 atom stereocenters. The van der Waals surface area contributed by atoms with Gasteiger partial charge in [-0.1, -0.05) is 17.7 Å². The molecule has 1 aliphatic heterocycles. The summed E-state index contributed by atoms with van der Waals surface area (Å²) in [5.41, 5.74) is 1.24. The molecule has 3 rings (SSSR count). The Morgan fingerprint density at radius 2 is 1.87 bits per heavy atom. The van der Waals surface area contributed by atoms with Gasteiger partial charge >= 0.3 is 0 Å². The molecule has 1 fully saturated rings. The Bertz CT molecular complexity index is 880. The van der Waals surface area contributed by atoms with Crippen LogP contribution in [0.5, 0.6) is 11.5 Å². The molecule has 0 spiro atoms. The van der Waals surface area contributed by atoms with Gasteiger partial charge in [0.05, 0.1) is 14.2 Å². The highest BCUT2D eigenvalue weighted by Gasteiger charge is 2.25. The number of hydrogen-bond donors (Lipinski definition) is 1. The maximum atomic E-state index is 12.8.